The number of carbonyl (C=O) groups is 1. The number of aromatic nitrogens is 4. The Balaban J connectivity index is 2.48. The zero-order chi connectivity index (χ0) is 10.1. The zero-order valence-corrected chi connectivity index (χ0v) is 7.21. The van der Waals surface area contributed by atoms with Crippen molar-refractivity contribution in [2.24, 2.45) is 0 Å². The molecule has 7 nitrogen and oxygen atoms in total. The van der Waals surface area contributed by atoms with Gasteiger partial charge in [-0.15, -0.1) is 15.0 Å². The van der Waals surface area contributed by atoms with Gasteiger partial charge in [0.15, 0.2) is 5.69 Å². The highest BCUT2D eigenvalue weighted by Gasteiger charge is 2.15. The van der Waals surface area contributed by atoms with Crippen LogP contribution in [0.1, 0.15) is 16.2 Å². The van der Waals surface area contributed by atoms with E-state index >= 15 is 0 Å². The van der Waals surface area contributed by atoms with Gasteiger partial charge < -0.3 is 9.63 Å². The van der Waals surface area contributed by atoms with E-state index in [4.69, 9.17) is 9.63 Å². The number of hydrogen-bond donors (Lipinski definition) is 1. The first kappa shape index (κ1) is 8.42. The Labute approximate surface area is 77.9 Å². The van der Waals surface area contributed by atoms with E-state index in [9.17, 15) is 4.79 Å². The lowest BCUT2D eigenvalue weighted by atomic mass is 10.4. The molecule has 0 aliphatic heterocycles. The molecule has 1 N–H and O–H groups in total. The van der Waals surface area contributed by atoms with Gasteiger partial charge in [-0.2, -0.15) is 0 Å². The van der Waals surface area contributed by atoms with Crippen LogP contribution in [0.2, 0.25) is 0 Å². The van der Waals surface area contributed by atoms with Crippen LogP contribution in [0.4, 0.5) is 0 Å². The Hall–Kier alpha value is -2.18. The first-order chi connectivity index (χ1) is 6.68. The molecule has 0 saturated carbocycles. The van der Waals surface area contributed by atoms with Crippen molar-refractivity contribution in [2.75, 3.05) is 0 Å². The van der Waals surface area contributed by atoms with E-state index in [2.05, 4.69) is 15.4 Å². The van der Waals surface area contributed by atoms with E-state index in [-0.39, 0.29) is 11.6 Å². The van der Waals surface area contributed by atoms with Crippen LogP contribution in [0, 0.1) is 6.92 Å². The molecule has 2 rings (SSSR count). The number of carboxylic acids is 1. The van der Waals surface area contributed by atoms with E-state index in [0.29, 0.717) is 5.69 Å². The van der Waals surface area contributed by atoms with Crippen LogP contribution in [0.25, 0.3) is 5.88 Å². The van der Waals surface area contributed by atoms with Gasteiger partial charge in [0.2, 0.25) is 0 Å². The number of aromatic carboxylic acids is 1. The van der Waals surface area contributed by atoms with Crippen LogP contribution in [0.3, 0.4) is 0 Å². The van der Waals surface area contributed by atoms with Crippen LogP contribution in [-0.4, -0.2) is 31.2 Å². The Morgan fingerprint density at radius 2 is 2.36 bits per heavy atom. The zero-order valence-electron chi connectivity index (χ0n) is 7.21. The highest BCUT2D eigenvalue weighted by Crippen LogP contribution is 2.06. The molecule has 0 bridgehead atoms. The molecule has 0 radical (unpaired) electrons. The number of carboxylic acid groups (broad SMARTS) is 1. The Bertz CT molecular complexity index is 459. The number of nitrogens with zero attached hydrogens (tertiary/aromatic N) is 4. The van der Waals surface area contributed by atoms with Crippen LogP contribution >= 0.6 is 0 Å². The van der Waals surface area contributed by atoms with Crippen LogP contribution in [-0.2, 0) is 0 Å². The number of aryl methyl sites for hydroxylation is 1. The minimum atomic E-state index is -1.12. The Morgan fingerprint density at radius 3 is 2.86 bits per heavy atom. The molecule has 0 atom stereocenters. The molecule has 2 aromatic heterocycles. The van der Waals surface area contributed by atoms with Gasteiger partial charge in [0.05, 0.1) is 11.9 Å². The Morgan fingerprint density at radius 1 is 1.57 bits per heavy atom. The average Bonchev–Trinajstić information content (AvgIpc) is 2.70. The predicted molar refractivity (Wildman–Crippen MR) is 43.1 cm³/mol. The third kappa shape index (κ3) is 1.24. The molecule has 0 fully saturated rings. The number of rotatable bonds is 2. The summed E-state index contributed by atoms with van der Waals surface area (Å²) < 4.78 is 4.76. The van der Waals surface area contributed by atoms with Gasteiger partial charge in [-0.3, -0.25) is 0 Å². The fraction of sp³-hybridized carbons (Fsp3) is 0.143. The summed E-state index contributed by atoms with van der Waals surface area (Å²) in [6.07, 6.45) is 1.43. The van der Waals surface area contributed by atoms with Crippen molar-refractivity contribution in [3.05, 3.63) is 23.7 Å². The molecule has 0 saturated heterocycles. The highest BCUT2D eigenvalue weighted by molar-refractivity contribution is 5.86. The molecule has 0 aliphatic carbocycles. The van der Waals surface area contributed by atoms with Crippen LogP contribution in [0.15, 0.2) is 16.8 Å². The molecule has 7 heteroatoms. The van der Waals surface area contributed by atoms with Crippen molar-refractivity contribution in [2.45, 2.75) is 6.92 Å². The lowest BCUT2D eigenvalue weighted by Crippen LogP contribution is -2.01. The SMILES string of the molecule is Cc1nn(-c2ccno2)nc1C(=O)O. The smallest absolute Gasteiger partial charge is 0.358 e. The maximum absolute atomic E-state index is 10.6. The molecule has 14 heavy (non-hydrogen) atoms. The minimum absolute atomic E-state index is 0.0959. The molecule has 72 valence electrons. The average molecular weight is 194 g/mol. The highest BCUT2D eigenvalue weighted by atomic mass is 16.5. The van der Waals surface area contributed by atoms with Crippen molar-refractivity contribution in [3.8, 4) is 5.88 Å². The summed E-state index contributed by atoms with van der Waals surface area (Å²) >= 11 is 0. The summed E-state index contributed by atoms with van der Waals surface area (Å²) in [5.74, 6) is -0.839. The van der Waals surface area contributed by atoms with Crippen LogP contribution in [0.5, 0.6) is 0 Å². The largest absolute Gasteiger partial charge is 0.476 e. The van der Waals surface area contributed by atoms with Gasteiger partial charge in [-0.25, -0.2) is 4.79 Å². The normalized spacial score (nSPS) is 10.4. The van der Waals surface area contributed by atoms with Crippen molar-refractivity contribution in [1.82, 2.24) is 20.2 Å². The third-order valence-electron chi connectivity index (χ3n) is 1.61. The van der Waals surface area contributed by atoms with E-state index in [1.54, 1.807) is 6.92 Å². The molecule has 0 aliphatic rings. The van der Waals surface area contributed by atoms with Crippen molar-refractivity contribution in [3.63, 3.8) is 0 Å². The molecular weight excluding hydrogens is 188 g/mol. The summed E-state index contributed by atoms with van der Waals surface area (Å²) in [6.45, 7) is 1.56. The summed E-state index contributed by atoms with van der Waals surface area (Å²) in [4.78, 5) is 11.7. The minimum Gasteiger partial charge on any atom is -0.476 e. The molecule has 0 amide bonds. The molecule has 2 heterocycles. The summed E-state index contributed by atoms with van der Waals surface area (Å²) in [6, 6.07) is 1.53. The fourth-order valence-corrected chi connectivity index (χ4v) is 0.987. The van der Waals surface area contributed by atoms with Gasteiger partial charge in [0.25, 0.3) is 5.88 Å². The quantitative estimate of drug-likeness (QED) is 0.736. The predicted octanol–water partition coefficient (Wildman–Crippen LogP) is 0.262. The van der Waals surface area contributed by atoms with E-state index in [1.807, 2.05) is 0 Å². The van der Waals surface area contributed by atoms with Crippen molar-refractivity contribution >= 4 is 5.97 Å². The lowest BCUT2D eigenvalue weighted by Gasteiger charge is -1.87. The van der Waals surface area contributed by atoms with Gasteiger partial charge in [-0.05, 0) is 6.92 Å². The maximum atomic E-state index is 10.6. The van der Waals surface area contributed by atoms with E-state index < -0.39 is 5.97 Å². The summed E-state index contributed by atoms with van der Waals surface area (Å²) in [5.41, 5.74) is 0.232. The summed E-state index contributed by atoms with van der Waals surface area (Å²) in [7, 11) is 0. The van der Waals surface area contributed by atoms with Crippen molar-refractivity contribution < 1.29 is 14.4 Å². The molecular formula is C7H6N4O3. The first-order valence-corrected chi connectivity index (χ1v) is 3.77. The van der Waals surface area contributed by atoms with E-state index in [1.165, 1.54) is 12.3 Å². The topological polar surface area (TPSA) is 94.0 Å². The first-order valence-electron chi connectivity index (χ1n) is 3.77. The monoisotopic (exact) mass is 194 g/mol. The van der Waals surface area contributed by atoms with Gasteiger partial charge in [0.1, 0.15) is 0 Å². The lowest BCUT2D eigenvalue weighted by molar-refractivity contribution is 0.0689. The third-order valence-corrected chi connectivity index (χ3v) is 1.61. The molecule has 0 unspecified atom stereocenters. The Kier molecular flexibility index (Phi) is 1.77. The molecule has 0 aromatic carbocycles. The summed E-state index contributed by atoms with van der Waals surface area (Å²) in [5, 5.41) is 19.8. The molecule has 2 aromatic rings. The van der Waals surface area contributed by atoms with Gasteiger partial charge in [-0.1, -0.05) is 5.16 Å². The van der Waals surface area contributed by atoms with Gasteiger partial charge >= 0.3 is 5.97 Å². The number of hydrogen-bond acceptors (Lipinski definition) is 5. The molecule has 0 spiro atoms. The van der Waals surface area contributed by atoms with Crippen molar-refractivity contribution in [1.29, 1.82) is 0 Å². The second-order valence-corrected chi connectivity index (χ2v) is 2.58. The fourth-order valence-electron chi connectivity index (χ4n) is 0.987. The second-order valence-electron chi connectivity index (χ2n) is 2.58. The van der Waals surface area contributed by atoms with Gasteiger partial charge in [0, 0.05) is 6.07 Å². The second kappa shape index (κ2) is 2.95. The van der Waals surface area contributed by atoms with E-state index in [0.717, 1.165) is 4.80 Å². The maximum Gasteiger partial charge on any atom is 0.358 e. The standard InChI is InChI=1S/C7H6N4O3/c1-4-6(7(12)13)10-11(9-4)5-2-3-8-14-5/h2-3H,1H3,(H,12,13). The van der Waals surface area contributed by atoms with Crippen LogP contribution < -0.4 is 0 Å².